The van der Waals surface area contributed by atoms with Gasteiger partial charge < -0.3 is 5.11 Å². The first kappa shape index (κ1) is 11.2. The van der Waals surface area contributed by atoms with E-state index in [-0.39, 0.29) is 6.61 Å². The standard InChI is InChI=1S/C12H14N2OS/c1-8(2)11-10(7-15)16-12(14-11)9-4-3-5-13-6-9/h3-6,8,15H,7H2,1-2H3. The average Bonchev–Trinajstić information content (AvgIpc) is 2.74. The minimum Gasteiger partial charge on any atom is -0.391 e. The minimum absolute atomic E-state index is 0.0610. The fourth-order valence-corrected chi connectivity index (χ4v) is 2.61. The van der Waals surface area contributed by atoms with Crippen molar-refractivity contribution in [3.05, 3.63) is 35.1 Å². The zero-order chi connectivity index (χ0) is 11.5. The van der Waals surface area contributed by atoms with Gasteiger partial charge in [0, 0.05) is 18.0 Å². The molecule has 0 saturated carbocycles. The van der Waals surface area contributed by atoms with E-state index in [1.54, 1.807) is 12.4 Å². The molecule has 0 aliphatic heterocycles. The molecular weight excluding hydrogens is 220 g/mol. The van der Waals surface area contributed by atoms with Crippen molar-refractivity contribution in [2.24, 2.45) is 0 Å². The molecule has 0 amide bonds. The molecule has 4 heteroatoms. The van der Waals surface area contributed by atoms with Crippen molar-refractivity contribution in [1.29, 1.82) is 0 Å². The van der Waals surface area contributed by atoms with E-state index < -0.39 is 0 Å². The molecule has 2 aromatic rings. The van der Waals surface area contributed by atoms with Crippen molar-refractivity contribution in [2.75, 3.05) is 0 Å². The molecule has 0 radical (unpaired) electrons. The van der Waals surface area contributed by atoms with Gasteiger partial charge in [0.2, 0.25) is 0 Å². The van der Waals surface area contributed by atoms with Gasteiger partial charge in [-0.05, 0) is 18.1 Å². The van der Waals surface area contributed by atoms with Crippen LogP contribution >= 0.6 is 11.3 Å². The molecule has 2 aromatic heterocycles. The first-order valence-corrected chi connectivity index (χ1v) is 6.05. The van der Waals surface area contributed by atoms with E-state index in [1.807, 2.05) is 12.1 Å². The highest BCUT2D eigenvalue weighted by atomic mass is 32.1. The van der Waals surface area contributed by atoms with Gasteiger partial charge >= 0.3 is 0 Å². The van der Waals surface area contributed by atoms with Crippen LogP contribution in [0.15, 0.2) is 24.5 Å². The van der Waals surface area contributed by atoms with Crippen molar-refractivity contribution < 1.29 is 5.11 Å². The SMILES string of the molecule is CC(C)c1nc(-c2cccnc2)sc1CO. The summed E-state index contributed by atoms with van der Waals surface area (Å²) in [5.74, 6) is 0.337. The van der Waals surface area contributed by atoms with E-state index in [0.717, 1.165) is 21.1 Å². The number of aliphatic hydroxyl groups is 1. The number of nitrogens with zero attached hydrogens (tertiary/aromatic N) is 2. The number of thiazole rings is 1. The third-order valence-corrected chi connectivity index (χ3v) is 3.43. The topological polar surface area (TPSA) is 46.0 Å². The molecule has 0 fully saturated rings. The molecule has 0 bridgehead atoms. The van der Waals surface area contributed by atoms with Crippen LogP contribution in [-0.2, 0) is 6.61 Å². The van der Waals surface area contributed by atoms with Crippen LogP contribution in [0.1, 0.15) is 30.3 Å². The number of aromatic nitrogens is 2. The lowest BCUT2D eigenvalue weighted by Gasteiger charge is -2.01. The zero-order valence-electron chi connectivity index (χ0n) is 9.34. The molecule has 0 aliphatic carbocycles. The van der Waals surface area contributed by atoms with Crippen LogP contribution < -0.4 is 0 Å². The van der Waals surface area contributed by atoms with Crippen LogP contribution in [0, 0.1) is 0 Å². The molecule has 0 saturated heterocycles. The van der Waals surface area contributed by atoms with Crippen LogP contribution in [0.2, 0.25) is 0 Å². The lowest BCUT2D eigenvalue weighted by molar-refractivity contribution is 0.283. The summed E-state index contributed by atoms with van der Waals surface area (Å²) in [7, 11) is 0. The van der Waals surface area contributed by atoms with Gasteiger partial charge in [0.1, 0.15) is 5.01 Å². The quantitative estimate of drug-likeness (QED) is 0.888. The van der Waals surface area contributed by atoms with Gasteiger partial charge in [-0.3, -0.25) is 4.98 Å². The van der Waals surface area contributed by atoms with Gasteiger partial charge in [-0.1, -0.05) is 13.8 Å². The average molecular weight is 234 g/mol. The highest BCUT2D eigenvalue weighted by Gasteiger charge is 2.14. The normalized spacial score (nSPS) is 11.0. The predicted octanol–water partition coefficient (Wildman–Crippen LogP) is 2.82. The first-order valence-electron chi connectivity index (χ1n) is 5.23. The van der Waals surface area contributed by atoms with Crippen molar-refractivity contribution >= 4 is 11.3 Å². The maximum absolute atomic E-state index is 9.28. The molecule has 0 unspecified atom stereocenters. The summed E-state index contributed by atoms with van der Waals surface area (Å²) in [5.41, 5.74) is 2.00. The van der Waals surface area contributed by atoms with Gasteiger partial charge in [0.25, 0.3) is 0 Å². The molecule has 16 heavy (non-hydrogen) atoms. The summed E-state index contributed by atoms with van der Waals surface area (Å²) in [6.45, 7) is 4.23. The summed E-state index contributed by atoms with van der Waals surface area (Å²) in [4.78, 5) is 9.60. The lowest BCUT2D eigenvalue weighted by atomic mass is 10.1. The summed E-state index contributed by atoms with van der Waals surface area (Å²) in [6.07, 6.45) is 3.54. The van der Waals surface area contributed by atoms with Gasteiger partial charge in [0.05, 0.1) is 17.2 Å². The van der Waals surface area contributed by atoms with Crippen LogP contribution in [0.4, 0.5) is 0 Å². The molecule has 2 heterocycles. The molecule has 1 N–H and O–H groups in total. The van der Waals surface area contributed by atoms with Crippen molar-refractivity contribution in [2.45, 2.75) is 26.4 Å². The summed E-state index contributed by atoms with van der Waals surface area (Å²) < 4.78 is 0. The Morgan fingerprint density at radius 3 is 2.75 bits per heavy atom. The Balaban J connectivity index is 2.44. The summed E-state index contributed by atoms with van der Waals surface area (Å²) >= 11 is 1.54. The molecular formula is C12H14N2OS. The smallest absolute Gasteiger partial charge is 0.125 e. The second-order valence-electron chi connectivity index (χ2n) is 3.88. The Morgan fingerprint density at radius 1 is 1.44 bits per heavy atom. The van der Waals surface area contributed by atoms with E-state index in [2.05, 4.69) is 23.8 Å². The number of aliphatic hydroxyl groups excluding tert-OH is 1. The second kappa shape index (κ2) is 4.72. The fourth-order valence-electron chi connectivity index (χ4n) is 1.54. The molecule has 84 valence electrons. The fraction of sp³-hybridized carbons (Fsp3) is 0.333. The Bertz CT molecular complexity index is 465. The number of pyridine rings is 1. The molecule has 0 atom stereocenters. The number of hydrogen-bond donors (Lipinski definition) is 1. The third-order valence-electron chi connectivity index (χ3n) is 2.33. The largest absolute Gasteiger partial charge is 0.391 e. The Hall–Kier alpha value is -1.26. The van der Waals surface area contributed by atoms with Crippen LogP contribution in [0.25, 0.3) is 10.6 Å². The minimum atomic E-state index is 0.0610. The molecule has 2 rings (SSSR count). The first-order chi connectivity index (χ1) is 7.72. The van der Waals surface area contributed by atoms with Crippen LogP contribution in [0.5, 0.6) is 0 Å². The zero-order valence-corrected chi connectivity index (χ0v) is 10.2. The monoisotopic (exact) mass is 234 g/mol. The van der Waals surface area contributed by atoms with Crippen LogP contribution in [-0.4, -0.2) is 15.1 Å². The Kier molecular flexibility index (Phi) is 3.31. The van der Waals surface area contributed by atoms with Crippen molar-refractivity contribution in [3.63, 3.8) is 0 Å². The molecule has 0 aliphatic rings. The van der Waals surface area contributed by atoms with Crippen LogP contribution in [0.3, 0.4) is 0 Å². The number of rotatable bonds is 3. The van der Waals surface area contributed by atoms with Gasteiger partial charge in [-0.15, -0.1) is 11.3 Å². The summed E-state index contributed by atoms with van der Waals surface area (Å²) in [6, 6.07) is 3.88. The van der Waals surface area contributed by atoms with E-state index in [1.165, 1.54) is 11.3 Å². The Morgan fingerprint density at radius 2 is 2.25 bits per heavy atom. The van der Waals surface area contributed by atoms with Crippen molar-refractivity contribution in [3.8, 4) is 10.6 Å². The highest BCUT2D eigenvalue weighted by molar-refractivity contribution is 7.15. The lowest BCUT2D eigenvalue weighted by Crippen LogP contribution is -1.93. The maximum Gasteiger partial charge on any atom is 0.125 e. The molecule has 0 spiro atoms. The van der Waals surface area contributed by atoms with Crippen molar-refractivity contribution in [1.82, 2.24) is 9.97 Å². The maximum atomic E-state index is 9.28. The molecule has 3 nitrogen and oxygen atoms in total. The second-order valence-corrected chi connectivity index (χ2v) is 4.97. The van der Waals surface area contributed by atoms with E-state index in [9.17, 15) is 5.11 Å². The van der Waals surface area contributed by atoms with Gasteiger partial charge in [-0.2, -0.15) is 0 Å². The van der Waals surface area contributed by atoms with E-state index in [0.29, 0.717) is 5.92 Å². The highest BCUT2D eigenvalue weighted by Crippen LogP contribution is 2.31. The Labute approximate surface area is 98.8 Å². The summed E-state index contributed by atoms with van der Waals surface area (Å²) in [5, 5.41) is 10.2. The van der Waals surface area contributed by atoms with Gasteiger partial charge in [0.15, 0.2) is 0 Å². The van der Waals surface area contributed by atoms with E-state index >= 15 is 0 Å². The van der Waals surface area contributed by atoms with E-state index in [4.69, 9.17) is 0 Å². The third kappa shape index (κ3) is 2.13. The predicted molar refractivity (Wildman–Crippen MR) is 65.4 cm³/mol. The number of hydrogen-bond acceptors (Lipinski definition) is 4. The van der Waals surface area contributed by atoms with Gasteiger partial charge in [-0.25, -0.2) is 4.98 Å². The molecule has 0 aromatic carbocycles.